The second kappa shape index (κ2) is 4.83. The van der Waals surface area contributed by atoms with Gasteiger partial charge < -0.3 is 5.11 Å². The first kappa shape index (κ1) is 10.0. The molecular weight excluding hydrogens is 181 g/mol. The van der Waals surface area contributed by atoms with Crippen molar-refractivity contribution in [3.05, 3.63) is 53.6 Å². The second-order valence-corrected chi connectivity index (χ2v) is 2.55. The van der Waals surface area contributed by atoms with Crippen LogP contribution in [-0.2, 0) is 0 Å². The van der Waals surface area contributed by atoms with Gasteiger partial charge in [0.1, 0.15) is 5.82 Å². The molecule has 2 nitrogen and oxygen atoms in total. The minimum atomic E-state index is -0.452. The summed E-state index contributed by atoms with van der Waals surface area (Å²) in [7, 11) is 0. The number of benzene rings is 1. The summed E-state index contributed by atoms with van der Waals surface area (Å²) in [4.78, 5) is 0. The Labute approximate surface area is 81.2 Å². The number of hydrogen-bond donors (Lipinski definition) is 1. The van der Waals surface area contributed by atoms with Crippen LogP contribution in [0.4, 0.5) is 4.39 Å². The fourth-order valence-electron chi connectivity index (χ4n) is 0.941. The highest BCUT2D eigenvalue weighted by molar-refractivity contribution is 5.53. The maximum atomic E-state index is 13.2. The average Bonchev–Trinajstić information content (AvgIpc) is 2.20. The zero-order valence-corrected chi connectivity index (χ0v) is 7.31. The molecule has 1 aromatic rings. The lowest BCUT2D eigenvalue weighted by Gasteiger charge is -1.95. The van der Waals surface area contributed by atoms with Crippen LogP contribution in [0.3, 0.4) is 0 Å². The van der Waals surface area contributed by atoms with Gasteiger partial charge >= 0.3 is 0 Å². The van der Waals surface area contributed by atoms with E-state index < -0.39 is 5.82 Å². The smallest absolute Gasteiger partial charge is 0.131 e. The van der Waals surface area contributed by atoms with Crippen LogP contribution in [0.25, 0.3) is 6.08 Å². The van der Waals surface area contributed by atoms with E-state index in [1.165, 1.54) is 36.4 Å². The van der Waals surface area contributed by atoms with Crippen LogP contribution in [0.1, 0.15) is 11.1 Å². The van der Waals surface area contributed by atoms with Crippen LogP contribution in [0.15, 0.2) is 36.6 Å². The molecule has 0 unspecified atom stereocenters. The Morgan fingerprint density at radius 1 is 1.36 bits per heavy atom. The van der Waals surface area contributed by atoms with Crippen molar-refractivity contribution in [3.8, 4) is 6.07 Å². The van der Waals surface area contributed by atoms with Crippen molar-refractivity contribution in [2.24, 2.45) is 0 Å². The van der Waals surface area contributed by atoms with Crippen molar-refractivity contribution in [3.63, 3.8) is 0 Å². The molecule has 1 N–H and O–H groups in total. The summed E-state index contributed by atoms with van der Waals surface area (Å²) in [5, 5.41) is 16.8. The lowest BCUT2D eigenvalue weighted by Crippen LogP contribution is -1.83. The molecule has 0 aliphatic heterocycles. The largest absolute Gasteiger partial charge is 0.516 e. The lowest BCUT2D eigenvalue weighted by molar-refractivity contribution is 0.474. The molecule has 0 saturated carbocycles. The molecule has 0 heterocycles. The number of nitrogens with zero attached hydrogens (tertiary/aromatic N) is 1. The molecule has 0 saturated heterocycles. The van der Waals surface area contributed by atoms with Gasteiger partial charge in [-0.15, -0.1) is 0 Å². The molecule has 0 aliphatic carbocycles. The molecule has 0 amide bonds. The van der Waals surface area contributed by atoms with E-state index in [-0.39, 0.29) is 5.56 Å². The maximum Gasteiger partial charge on any atom is 0.131 e. The molecule has 3 heteroatoms. The molecule has 0 bridgehead atoms. The van der Waals surface area contributed by atoms with Crippen molar-refractivity contribution in [2.75, 3.05) is 0 Å². The zero-order valence-electron chi connectivity index (χ0n) is 7.31. The molecule has 1 aromatic carbocycles. The van der Waals surface area contributed by atoms with E-state index >= 15 is 0 Å². The van der Waals surface area contributed by atoms with E-state index in [1.807, 2.05) is 6.07 Å². The fraction of sp³-hybridized carbons (Fsp3) is 0. The first-order valence-electron chi connectivity index (χ1n) is 3.95. The first-order valence-corrected chi connectivity index (χ1v) is 3.95. The quantitative estimate of drug-likeness (QED) is 0.574. The molecular formula is C11H8FNO. The standard InChI is InChI=1S/C11H8FNO/c12-11-7-9(8-13)4-5-10(11)3-1-2-6-14/h1-7,14H/b3-1+,6-2+. The lowest BCUT2D eigenvalue weighted by atomic mass is 10.1. The molecule has 0 aromatic heterocycles. The van der Waals surface area contributed by atoms with Gasteiger partial charge in [0.05, 0.1) is 17.9 Å². The molecule has 0 radical (unpaired) electrons. The van der Waals surface area contributed by atoms with Crippen molar-refractivity contribution in [1.82, 2.24) is 0 Å². The van der Waals surface area contributed by atoms with Crippen LogP contribution in [0, 0.1) is 17.1 Å². The third-order valence-electron chi connectivity index (χ3n) is 1.60. The van der Waals surface area contributed by atoms with Gasteiger partial charge in [-0.05, 0) is 18.2 Å². The number of hydrogen-bond acceptors (Lipinski definition) is 2. The van der Waals surface area contributed by atoms with Gasteiger partial charge in [-0.2, -0.15) is 5.26 Å². The minimum Gasteiger partial charge on any atom is -0.516 e. The van der Waals surface area contributed by atoms with Crippen LogP contribution < -0.4 is 0 Å². The minimum absolute atomic E-state index is 0.289. The van der Waals surface area contributed by atoms with Crippen LogP contribution in [0.5, 0.6) is 0 Å². The summed E-state index contributed by atoms with van der Waals surface area (Å²) in [6, 6.07) is 6.06. The van der Waals surface area contributed by atoms with Crippen molar-refractivity contribution >= 4 is 6.08 Å². The highest BCUT2D eigenvalue weighted by Gasteiger charge is 1.98. The van der Waals surface area contributed by atoms with Crippen LogP contribution in [0.2, 0.25) is 0 Å². The van der Waals surface area contributed by atoms with Gasteiger partial charge in [-0.1, -0.05) is 18.2 Å². The number of halogens is 1. The van der Waals surface area contributed by atoms with E-state index in [4.69, 9.17) is 10.4 Å². The van der Waals surface area contributed by atoms with E-state index in [0.29, 0.717) is 5.56 Å². The Morgan fingerprint density at radius 3 is 2.71 bits per heavy atom. The summed E-state index contributed by atoms with van der Waals surface area (Å²) >= 11 is 0. The van der Waals surface area contributed by atoms with Crippen LogP contribution >= 0.6 is 0 Å². The molecule has 0 fully saturated rings. The summed E-state index contributed by atoms with van der Waals surface area (Å²) in [5.41, 5.74) is 0.666. The number of aliphatic hydroxyl groups is 1. The van der Waals surface area contributed by atoms with E-state index in [2.05, 4.69) is 0 Å². The average molecular weight is 189 g/mol. The third kappa shape index (κ3) is 2.46. The first-order chi connectivity index (χ1) is 6.77. The Morgan fingerprint density at radius 2 is 2.14 bits per heavy atom. The summed E-state index contributed by atoms with van der Waals surface area (Å²) < 4.78 is 13.2. The van der Waals surface area contributed by atoms with Crippen molar-refractivity contribution < 1.29 is 9.50 Å². The second-order valence-electron chi connectivity index (χ2n) is 2.55. The Bertz CT molecular complexity index is 416. The van der Waals surface area contributed by atoms with Crippen LogP contribution in [-0.4, -0.2) is 5.11 Å². The van der Waals surface area contributed by atoms with Gasteiger partial charge in [0.25, 0.3) is 0 Å². The van der Waals surface area contributed by atoms with E-state index in [0.717, 1.165) is 6.26 Å². The number of allylic oxidation sites excluding steroid dienone is 2. The Kier molecular flexibility index (Phi) is 3.45. The molecule has 70 valence electrons. The zero-order chi connectivity index (χ0) is 10.4. The highest BCUT2D eigenvalue weighted by atomic mass is 19.1. The monoisotopic (exact) mass is 189 g/mol. The molecule has 14 heavy (non-hydrogen) atoms. The summed E-state index contributed by atoms with van der Waals surface area (Å²) in [6.07, 6.45) is 5.24. The van der Waals surface area contributed by atoms with Gasteiger partial charge in [-0.3, -0.25) is 0 Å². The van der Waals surface area contributed by atoms with Gasteiger partial charge in [-0.25, -0.2) is 4.39 Å². The molecule has 1 rings (SSSR count). The highest BCUT2D eigenvalue weighted by Crippen LogP contribution is 2.11. The summed E-state index contributed by atoms with van der Waals surface area (Å²) in [5.74, 6) is -0.452. The predicted octanol–water partition coefficient (Wildman–Crippen LogP) is 2.78. The summed E-state index contributed by atoms with van der Waals surface area (Å²) in [6.45, 7) is 0. The van der Waals surface area contributed by atoms with Crippen molar-refractivity contribution in [2.45, 2.75) is 0 Å². The predicted molar refractivity (Wildman–Crippen MR) is 51.9 cm³/mol. The Balaban J connectivity index is 2.96. The van der Waals surface area contributed by atoms with Gasteiger partial charge in [0, 0.05) is 5.56 Å². The van der Waals surface area contributed by atoms with Crippen molar-refractivity contribution in [1.29, 1.82) is 5.26 Å². The molecule has 0 spiro atoms. The maximum absolute atomic E-state index is 13.2. The molecule has 0 aliphatic rings. The normalized spacial score (nSPS) is 10.9. The SMILES string of the molecule is N#Cc1ccc(/C=C/C=C/O)c(F)c1. The third-order valence-corrected chi connectivity index (χ3v) is 1.60. The molecule has 0 atom stereocenters. The van der Waals surface area contributed by atoms with Gasteiger partial charge in [0.15, 0.2) is 0 Å². The number of aliphatic hydroxyl groups excluding tert-OH is 1. The van der Waals surface area contributed by atoms with Gasteiger partial charge in [0.2, 0.25) is 0 Å². The topological polar surface area (TPSA) is 44.0 Å². The fourth-order valence-corrected chi connectivity index (χ4v) is 0.941. The number of nitriles is 1. The van der Waals surface area contributed by atoms with E-state index in [9.17, 15) is 4.39 Å². The van der Waals surface area contributed by atoms with E-state index in [1.54, 1.807) is 0 Å². The number of rotatable bonds is 2. The Hall–Kier alpha value is -2.08.